The van der Waals surface area contributed by atoms with E-state index in [4.69, 9.17) is 29.5 Å². The number of benzene rings is 1. The predicted octanol–water partition coefficient (Wildman–Crippen LogP) is 3.78. The Morgan fingerprint density at radius 2 is 1.90 bits per heavy atom. The summed E-state index contributed by atoms with van der Waals surface area (Å²) in [6.07, 6.45) is 4.35. The number of aromatic nitrogens is 6. The molecule has 5 heterocycles. The molecule has 11 heteroatoms. The van der Waals surface area contributed by atoms with E-state index >= 15 is 0 Å². The number of anilines is 1. The second kappa shape index (κ2) is 11.0. The van der Waals surface area contributed by atoms with Gasteiger partial charge in [0.15, 0.2) is 17.0 Å². The lowest BCUT2D eigenvalue weighted by Gasteiger charge is -2.28. The van der Waals surface area contributed by atoms with Gasteiger partial charge in [-0.3, -0.25) is 0 Å². The van der Waals surface area contributed by atoms with Crippen LogP contribution in [0.15, 0.2) is 42.6 Å². The number of nitrogens with zero attached hydrogens (tertiary/aromatic N) is 8. The van der Waals surface area contributed by atoms with E-state index in [2.05, 4.69) is 11.8 Å². The van der Waals surface area contributed by atoms with Crippen LogP contribution in [0.1, 0.15) is 37.9 Å². The molecule has 0 saturated carbocycles. The summed E-state index contributed by atoms with van der Waals surface area (Å²) < 4.78 is 14.8. The number of hydrogen-bond donors (Lipinski definition) is 0. The highest BCUT2D eigenvalue weighted by molar-refractivity contribution is 5.85. The first-order valence-electron chi connectivity index (χ1n) is 13.7. The summed E-state index contributed by atoms with van der Waals surface area (Å²) in [5, 5.41) is 4.78. The maximum atomic E-state index is 12.5. The van der Waals surface area contributed by atoms with Crippen LogP contribution in [0.25, 0.3) is 28.4 Å². The molecule has 1 atom stereocenters. The van der Waals surface area contributed by atoms with Gasteiger partial charge in [0.25, 0.3) is 5.95 Å². The summed E-state index contributed by atoms with van der Waals surface area (Å²) in [4.78, 5) is 31.5. The molecule has 11 nitrogen and oxygen atoms in total. The Morgan fingerprint density at radius 1 is 1.08 bits per heavy atom. The molecule has 0 aliphatic carbocycles. The van der Waals surface area contributed by atoms with Crippen molar-refractivity contribution in [2.75, 3.05) is 50.9 Å². The quantitative estimate of drug-likeness (QED) is 0.333. The van der Waals surface area contributed by atoms with Crippen LogP contribution in [0.2, 0.25) is 0 Å². The number of hydrogen-bond acceptors (Lipinski definition) is 8. The van der Waals surface area contributed by atoms with Gasteiger partial charge >= 0.3 is 6.09 Å². The van der Waals surface area contributed by atoms with Crippen molar-refractivity contribution in [3.8, 4) is 17.2 Å². The molecule has 204 valence electrons. The number of ether oxygens (including phenoxy) is 2. The zero-order valence-electron chi connectivity index (χ0n) is 22.5. The van der Waals surface area contributed by atoms with E-state index < -0.39 is 0 Å². The molecule has 6 rings (SSSR count). The SMILES string of the molecule is CCCCOC(=O)N1CCC(c2nc3c(N4CCOCC4)nc(-n4ccc(-c5ccccc5)n4)nc3n2C)C1. The molecule has 0 N–H and O–H groups in total. The monoisotopic (exact) mass is 530 g/mol. The third kappa shape index (κ3) is 5.06. The van der Waals surface area contributed by atoms with Gasteiger partial charge < -0.3 is 23.8 Å². The largest absolute Gasteiger partial charge is 0.449 e. The summed E-state index contributed by atoms with van der Waals surface area (Å²) in [6.45, 7) is 6.51. The molecule has 4 aromatic rings. The van der Waals surface area contributed by atoms with Crippen molar-refractivity contribution < 1.29 is 14.3 Å². The van der Waals surface area contributed by atoms with E-state index in [9.17, 15) is 4.79 Å². The Bertz CT molecular complexity index is 1440. The first kappa shape index (κ1) is 25.3. The highest BCUT2D eigenvalue weighted by Crippen LogP contribution is 2.32. The van der Waals surface area contributed by atoms with E-state index in [0.29, 0.717) is 38.9 Å². The van der Waals surface area contributed by atoms with Crippen molar-refractivity contribution in [3.63, 3.8) is 0 Å². The Hall–Kier alpha value is -3.99. The number of amides is 1. The van der Waals surface area contributed by atoms with Crippen molar-refractivity contribution in [1.29, 1.82) is 0 Å². The van der Waals surface area contributed by atoms with Gasteiger partial charge in [-0.25, -0.2) is 14.5 Å². The van der Waals surface area contributed by atoms with Crippen LogP contribution in [-0.2, 0) is 16.5 Å². The molecule has 0 spiro atoms. The van der Waals surface area contributed by atoms with Gasteiger partial charge in [-0.1, -0.05) is 43.7 Å². The summed E-state index contributed by atoms with van der Waals surface area (Å²) >= 11 is 0. The third-order valence-corrected chi connectivity index (χ3v) is 7.43. The van der Waals surface area contributed by atoms with E-state index in [0.717, 1.165) is 66.4 Å². The number of carbonyl (C=O) groups excluding carboxylic acids is 1. The van der Waals surface area contributed by atoms with Gasteiger partial charge in [-0.15, -0.1) is 0 Å². The van der Waals surface area contributed by atoms with Crippen molar-refractivity contribution in [3.05, 3.63) is 48.4 Å². The summed E-state index contributed by atoms with van der Waals surface area (Å²) in [7, 11) is 1.99. The molecule has 0 radical (unpaired) electrons. The fourth-order valence-electron chi connectivity index (χ4n) is 5.25. The second-order valence-electron chi connectivity index (χ2n) is 10.1. The van der Waals surface area contributed by atoms with Crippen LogP contribution in [0.5, 0.6) is 0 Å². The molecule has 3 aromatic heterocycles. The number of fused-ring (bicyclic) bond motifs is 1. The minimum absolute atomic E-state index is 0.0956. The maximum absolute atomic E-state index is 12.5. The number of imidazole rings is 1. The molecule has 1 amide bonds. The Kier molecular flexibility index (Phi) is 7.14. The van der Waals surface area contributed by atoms with Gasteiger partial charge in [-0.05, 0) is 18.9 Å². The van der Waals surface area contributed by atoms with Crippen molar-refractivity contribution >= 4 is 23.1 Å². The van der Waals surface area contributed by atoms with Gasteiger partial charge in [0.05, 0.1) is 25.5 Å². The van der Waals surface area contributed by atoms with Gasteiger partial charge in [0.2, 0.25) is 0 Å². The van der Waals surface area contributed by atoms with Crippen molar-refractivity contribution in [2.24, 2.45) is 7.05 Å². The lowest BCUT2D eigenvalue weighted by molar-refractivity contribution is 0.109. The number of morpholine rings is 1. The average Bonchev–Trinajstić information content (AvgIpc) is 3.73. The van der Waals surface area contributed by atoms with Crippen LogP contribution in [0.4, 0.5) is 10.6 Å². The van der Waals surface area contributed by atoms with E-state index in [1.54, 1.807) is 9.58 Å². The van der Waals surface area contributed by atoms with Crippen LogP contribution in [0.3, 0.4) is 0 Å². The summed E-state index contributed by atoms with van der Waals surface area (Å²) in [5.74, 6) is 2.28. The minimum Gasteiger partial charge on any atom is -0.449 e. The smallest absolute Gasteiger partial charge is 0.409 e. The summed E-state index contributed by atoms with van der Waals surface area (Å²) in [5.41, 5.74) is 3.40. The molecular formula is C28H34N8O3. The number of aryl methyl sites for hydroxylation is 1. The normalized spacial score (nSPS) is 17.7. The second-order valence-corrected chi connectivity index (χ2v) is 10.1. The van der Waals surface area contributed by atoms with E-state index in [1.165, 1.54) is 0 Å². The Labute approximate surface area is 227 Å². The molecule has 1 unspecified atom stereocenters. The number of rotatable bonds is 7. The van der Waals surface area contributed by atoms with Gasteiger partial charge in [0, 0.05) is 50.9 Å². The third-order valence-electron chi connectivity index (χ3n) is 7.43. The lowest BCUT2D eigenvalue weighted by Crippen LogP contribution is -2.37. The van der Waals surface area contributed by atoms with E-state index in [1.807, 2.05) is 54.2 Å². The average molecular weight is 531 g/mol. The first-order chi connectivity index (χ1) is 19.1. The predicted molar refractivity (Wildman–Crippen MR) is 147 cm³/mol. The summed E-state index contributed by atoms with van der Waals surface area (Å²) in [6, 6.07) is 12.0. The standard InChI is InChI=1S/C28H34N8O3/c1-3-4-16-39-28(37)35-12-10-21(19-35)24-29-23-25(33(24)2)30-27(31-26(23)34-14-17-38-18-15-34)36-13-11-22(32-36)20-8-6-5-7-9-20/h5-9,11,13,21H,3-4,10,12,14-19H2,1-2H3. The van der Waals surface area contributed by atoms with Crippen molar-refractivity contribution in [1.82, 2.24) is 34.2 Å². The molecule has 2 fully saturated rings. The van der Waals surface area contributed by atoms with Crippen LogP contribution < -0.4 is 4.90 Å². The lowest BCUT2D eigenvalue weighted by atomic mass is 10.1. The highest BCUT2D eigenvalue weighted by atomic mass is 16.6. The topological polar surface area (TPSA) is 103 Å². The highest BCUT2D eigenvalue weighted by Gasteiger charge is 2.33. The van der Waals surface area contributed by atoms with E-state index in [-0.39, 0.29) is 12.0 Å². The molecule has 39 heavy (non-hydrogen) atoms. The van der Waals surface area contributed by atoms with Crippen molar-refractivity contribution in [2.45, 2.75) is 32.1 Å². The zero-order valence-corrected chi connectivity index (χ0v) is 22.5. The number of likely N-dealkylation sites (tertiary alicyclic amines) is 1. The molecule has 2 aliphatic heterocycles. The number of carbonyl (C=O) groups is 1. The van der Waals surface area contributed by atoms with Crippen LogP contribution >= 0.6 is 0 Å². The molecule has 2 saturated heterocycles. The van der Waals surface area contributed by atoms with Crippen LogP contribution in [-0.4, -0.2) is 86.3 Å². The fourth-order valence-corrected chi connectivity index (χ4v) is 5.25. The van der Waals surface area contributed by atoms with Gasteiger partial charge in [-0.2, -0.15) is 15.1 Å². The molecule has 0 bridgehead atoms. The molecular weight excluding hydrogens is 496 g/mol. The first-order valence-corrected chi connectivity index (χ1v) is 13.7. The molecule has 2 aliphatic rings. The zero-order chi connectivity index (χ0) is 26.8. The number of unbranched alkanes of at least 4 members (excludes halogenated alkanes) is 1. The Morgan fingerprint density at radius 3 is 2.69 bits per heavy atom. The minimum atomic E-state index is -0.242. The maximum Gasteiger partial charge on any atom is 0.409 e. The Balaban J connectivity index is 1.34. The fraction of sp³-hybridized carbons (Fsp3) is 0.464. The molecule has 1 aromatic carbocycles. The van der Waals surface area contributed by atoms with Gasteiger partial charge in [0.1, 0.15) is 5.82 Å². The van der Waals surface area contributed by atoms with Crippen LogP contribution in [0, 0.1) is 0 Å².